The van der Waals surface area contributed by atoms with Crippen LogP contribution in [0, 0.1) is 0 Å². The van der Waals surface area contributed by atoms with Crippen LogP contribution in [0.4, 0.5) is 0 Å². The zero-order chi connectivity index (χ0) is 18.4. The Labute approximate surface area is 163 Å². The van der Waals surface area contributed by atoms with Gasteiger partial charge in [-0.1, -0.05) is 66.2 Å². The Kier molecular flexibility index (Phi) is 6.45. The van der Waals surface area contributed by atoms with E-state index in [-0.39, 0.29) is 18.0 Å². The van der Waals surface area contributed by atoms with Gasteiger partial charge >= 0.3 is 0 Å². The van der Waals surface area contributed by atoms with Crippen molar-refractivity contribution in [3.8, 4) is 0 Å². The number of carbonyl (C=O) groups is 1. The van der Waals surface area contributed by atoms with E-state index in [9.17, 15) is 4.79 Å². The molecular formula is C21H22ClN2OS+. The number of nitrogens with one attached hydrogen (secondary N) is 1. The highest BCUT2D eigenvalue weighted by Crippen LogP contribution is 2.23. The second kappa shape index (κ2) is 8.99. The standard InChI is InChI=1S/C21H21ClN2OS/c1-15(17-10-5-6-11-18(17)22)24-20(25)14-23-21(19-12-7-13-26-19)16-8-3-2-4-9-16/h2-13,15,21,23H,14H2,1H3,(H,24,25)/p+1/t15-,21-/m0/s1. The third kappa shape index (κ3) is 4.73. The summed E-state index contributed by atoms with van der Waals surface area (Å²) in [6.07, 6.45) is 0. The number of benzene rings is 2. The molecule has 1 heterocycles. The Bertz CT molecular complexity index is 836. The SMILES string of the molecule is C[C@H](NC(=O)C[NH2+][C@@H](c1ccccc1)c1cccs1)c1ccccc1Cl. The van der Waals surface area contributed by atoms with Gasteiger partial charge in [0, 0.05) is 10.6 Å². The molecule has 3 rings (SSSR count). The molecule has 2 aromatic carbocycles. The van der Waals surface area contributed by atoms with Gasteiger partial charge in [-0.3, -0.25) is 4.79 Å². The van der Waals surface area contributed by atoms with E-state index in [1.165, 1.54) is 10.4 Å². The van der Waals surface area contributed by atoms with E-state index >= 15 is 0 Å². The van der Waals surface area contributed by atoms with Crippen molar-refractivity contribution >= 4 is 28.8 Å². The third-order valence-corrected chi connectivity index (χ3v) is 5.60. The minimum atomic E-state index is -0.124. The van der Waals surface area contributed by atoms with E-state index in [2.05, 4.69) is 34.2 Å². The maximum absolute atomic E-state index is 12.5. The first-order valence-electron chi connectivity index (χ1n) is 8.60. The van der Waals surface area contributed by atoms with Crippen LogP contribution in [0.3, 0.4) is 0 Å². The lowest BCUT2D eigenvalue weighted by Crippen LogP contribution is -2.87. The minimum absolute atomic E-state index is 0.00472. The highest BCUT2D eigenvalue weighted by Gasteiger charge is 2.20. The second-order valence-corrected chi connectivity index (χ2v) is 7.54. The number of halogens is 1. The summed E-state index contributed by atoms with van der Waals surface area (Å²) in [6, 6.07) is 22.0. The van der Waals surface area contributed by atoms with Crippen molar-refractivity contribution in [2.45, 2.75) is 19.0 Å². The van der Waals surface area contributed by atoms with E-state index in [0.29, 0.717) is 11.6 Å². The molecule has 0 spiro atoms. The summed E-state index contributed by atoms with van der Waals surface area (Å²) in [4.78, 5) is 13.7. The van der Waals surface area contributed by atoms with Crippen molar-refractivity contribution in [3.05, 3.63) is 93.1 Å². The van der Waals surface area contributed by atoms with Crippen LogP contribution in [0.15, 0.2) is 72.1 Å². The molecule has 1 aromatic heterocycles. The first-order chi connectivity index (χ1) is 12.6. The number of amides is 1. The van der Waals surface area contributed by atoms with Crippen molar-refractivity contribution in [1.82, 2.24) is 5.32 Å². The normalized spacial score (nSPS) is 13.2. The fourth-order valence-electron chi connectivity index (χ4n) is 2.97. The van der Waals surface area contributed by atoms with Crippen LogP contribution in [0.25, 0.3) is 0 Å². The maximum atomic E-state index is 12.5. The third-order valence-electron chi connectivity index (χ3n) is 4.30. The monoisotopic (exact) mass is 385 g/mol. The van der Waals surface area contributed by atoms with Gasteiger partial charge in [0.1, 0.15) is 6.04 Å². The molecule has 0 fully saturated rings. The molecule has 134 valence electrons. The number of quaternary nitrogens is 1. The summed E-state index contributed by atoms with van der Waals surface area (Å²) < 4.78 is 0. The topological polar surface area (TPSA) is 45.7 Å². The largest absolute Gasteiger partial charge is 0.345 e. The van der Waals surface area contributed by atoms with Crippen LogP contribution in [-0.4, -0.2) is 12.5 Å². The molecule has 0 saturated carbocycles. The fourth-order valence-corrected chi connectivity index (χ4v) is 4.12. The summed E-state index contributed by atoms with van der Waals surface area (Å²) in [5.74, 6) is -0.00472. The lowest BCUT2D eigenvalue weighted by Gasteiger charge is -2.17. The van der Waals surface area contributed by atoms with Crippen molar-refractivity contribution < 1.29 is 10.1 Å². The summed E-state index contributed by atoms with van der Waals surface area (Å²) in [7, 11) is 0. The number of nitrogens with two attached hydrogens (primary N) is 1. The van der Waals surface area contributed by atoms with Crippen LogP contribution in [0.5, 0.6) is 0 Å². The molecule has 0 unspecified atom stereocenters. The molecule has 0 aliphatic carbocycles. The molecule has 1 amide bonds. The van der Waals surface area contributed by atoms with Crippen molar-refractivity contribution in [2.24, 2.45) is 0 Å². The van der Waals surface area contributed by atoms with Gasteiger partial charge in [-0.2, -0.15) is 0 Å². The minimum Gasteiger partial charge on any atom is -0.345 e. The molecule has 0 radical (unpaired) electrons. The lowest BCUT2D eigenvalue weighted by atomic mass is 10.1. The van der Waals surface area contributed by atoms with Crippen LogP contribution < -0.4 is 10.6 Å². The average Bonchev–Trinajstić information content (AvgIpc) is 3.17. The smallest absolute Gasteiger partial charge is 0.275 e. The summed E-state index contributed by atoms with van der Waals surface area (Å²) in [6.45, 7) is 2.30. The number of thiophene rings is 1. The second-order valence-electron chi connectivity index (χ2n) is 6.15. The van der Waals surface area contributed by atoms with Gasteiger partial charge < -0.3 is 10.6 Å². The van der Waals surface area contributed by atoms with Gasteiger partial charge in [0.15, 0.2) is 6.54 Å². The Morgan fingerprint density at radius 1 is 1.08 bits per heavy atom. The Balaban J connectivity index is 1.64. The van der Waals surface area contributed by atoms with Gasteiger partial charge in [-0.25, -0.2) is 0 Å². The highest BCUT2D eigenvalue weighted by molar-refractivity contribution is 7.10. The van der Waals surface area contributed by atoms with E-state index in [0.717, 1.165) is 5.56 Å². The number of hydrogen-bond acceptors (Lipinski definition) is 2. The molecule has 3 nitrogen and oxygen atoms in total. The van der Waals surface area contributed by atoms with Gasteiger partial charge in [0.25, 0.3) is 5.91 Å². The molecule has 5 heteroatoms. The molecule has 3 N–H and O–H groups in total. The predicted octanol–water partition coefficient (Wildman–Crippen LogP) is 3.93. The van der Waals surface area contributed by atoms with E-state index in [1.54, 1.807) is 11.3 Å². The predicted molar refractivity (Wildman–Crippen MR) is 107 cm³/mol. The maximum Gasteiger partial charge on any atom is 0.275 e. The first-order valence-corrected chi connectivity index (χ1v) is 9.86. The Morgan fingerprint density at radius 2 is 1.81 bits per heavy atom. The average molecular weight is 386 g/mol. The van der Waals surface area contributed by atoms with Crippen LogP contribution >= 0.6 is 22.9 Å². The van der Waals surface area contributed by atoms with Gasteiger partial charge in [-0.15, -0.1) is 11.3 Å². The van der Waals surface area contributed by atoms with Crippen LogP contribution in [-0.2, 0) is 4.79 Å². The zero-order valence-electron chi connectivity index (χ0n) is 14.6. The fraction of sp³-hybridized carbons (Fsp3) is 0.190. The van der Waals surface area contributed by atoms with E-state index < -0.39 is 0 Å². The van der Waals surface area contributed by atoms with Crippen LogP contribution in [0.2, 0.25) is 5.02 Å². The van der Waals surface area contributed by atoms with E-state index in [1.807, 2.05) is 55.5 Å². The Morgan fingerprint density at radius 3 is 2.50 bits per heavy atom. The summed E-state index contributed by atoms with van der Waals surface area (Å²) in [5.41, 5.74) is 2.13. The molecule has 3 aromatic rings. The zero-order valence-corrected chi connectivity index (χ0v) is 16.1. The number of hydrogen-bond donors (Lipinski definition) is 2. The van der Waals surface area contributed by atoms with Crippen LogP contribution in [0.1, 0.15) is 35.0 Å². The number of carbonyl (C=O) groups excluding carboxylic acids is 1. The quantitative estimate of drug-likeness (QED) is 0.636. The lowest BCUT2D eigenvalue weighted by molar-refractivity contribution is -0.676. The number of rotatable bonds is 7. The van der Waals surface area contributed by atoms with Gasteiger partial charge in [0.05, 0.1) is 10.9 Å². The molecule has 26 heavy (non-hydrogen) atoms. The van der Waals surface area contributed by atoms with Crippen molar-refractivity contribution in [3.63, 3.8) is 0 Å². The summed E-state index contributed by atoms with van der Waals surface area (Å²) >= 11 is 7.93. The van der Waals surface area contributed by atoms with Gasteiger partial charge in [0.2, 0.25) is 0 Å². The Hall–Kier alpha value is -2.14. The first kappa shape index (κ1) is 18.6. The molecule has 0 bridgehead atoms. The van der Waals surface area contributed by atoms with E-state index in [4.69, 9.17) is 11.6 Å². The molecular weight excluding hydrogens is 364 g/mol. The molecule has 0 saturated heterocycles. The van der Waals surface area contributed by atoms with Crippen molar-refractivity contribution in [2.75, 3.05) is 6.54 Å². The molecule has 0 aliphatic heterocycles. The molecule has 0 aliphatic rings. The summed E-state index contributed by atoms with van der Waals surface area (Å²) in [5, 5.41) is 7.86. The highest BCUT2D eigenvalue weighted by atomic mass is 35.5. The van der Waals surface area contributed by atoms with Gasteiger partial charge in [-0.05, 0) is 30.0 Å². The van der Waals surface area contributed by atoms with Crippen molar-refractivity contribution in [1.29, 1.82) is 0 Å². The molecule has 2 atom stereocenters.